The van der Waals surface area contributed by atoms with Crippen LogP contribution in [0.2, 0.25) is 0 Å². The van der Waals surface area contributed by atoms with Gasteiger partial charge in [0.05, 0.1) is 12.3 Å². The largest absolute Gasteiger partial charge is 0.398 e. The van der Waals surface area contributed by atoms with Gasteiger partial charge in [-0.1, -0.05) is 0 Å². The summed E-state index contributed by atoms with van der Waals surface area (Å²) in [4.78, 5) is 2.10. The first-order valence-electron chi connectivity index (χ1n) is 7.06. The average Bonchev–Trinajstić information content (AvgIpc) is 3.27. The lowest BCUT2D eigenvalue weighted by atomic mass is 10.2. The van der Waals surface area contributed by atoms with E-state index in [9.17, 15) is 8.42 Å². The van der Waals surface area contributed by atoms with Crippen LogP contribution in [0.3, 0.4) is 0 Å². The zero-order valence-corrected chi connectivity index (χ0v) is 13.3. The fraction of sp³-hybridized carbons (Fsp3) is 0.571. The summed E-state index contributed by atoms with van der Waals surface area (Å²) < 4.78 is 31.4. The number of anilines is 2. The summed E-state index contributed by atoms with van der Waals surface area (Å²) in [6.07, 6.45) is 2.57. The van der Waals surface area contributed by atoms with Gasteiger partial charge in [0, 0.05) is 25.9 Å². The van der Waals surface area contributed by atoms with Crippen molar-refractivity contribution < 1.29 is 13.2 Å². The van der Waals surface area contributed by atoms with E-state index >= 15 is 0 Å². The summed E-state index contributed by atoms with van der Waals surface area (Å²) in [6.45, 7) is 2.24. The van der Waals surface area contributed by atoms with E-state index in [1.807, 2.05) is 11.9 Å². The maximum absolute atomic E-state index is 11.8. The van der Waals surface area contributed by atoms with Crippen molar-refractivity contribution in [3.05, 3.63) is 18.2 Å². The molecule has 1 fully saturated rings. The molecule has 0 saturated heterocycles. The van der Waals surface area contributed by atoms with Crippen LogP contribution in [0.4, 0.5) is 11.4 Å². The van der Waals surface area contributed by atoms with Crippen molar-refractivity contribution in [2.45, 2.75) is 17.7 Å². The summed E-state index contributed by atoms with van der Waals surface area (Å²) in [5, 5.41) is 0. The first-order chi connectivity index (χ1) is 9.94. The lowest BCUT2D eigenvalue weighted by Crippen LogP contribution is -2.24. The first kappa shape index (κ1) is 16.1. The Morgan fingerprint density at radius 3 is 2.71 bits per heavy atom. The van der Waals surface area contributed by atoms with Gasteiger partial charge in [0.1, 0.15) is 4.90 Å². The smallest absolute Gasteiger partial charge is 0.242 e. The Kier molecular flexibility index (Phi) is 5.08. The fourth-order valence-electron chi connectivity index (χ4n) is 1.99. The van der Waals surface area contributed by atoms with Crippen molar-refractivity contribution in [3.8, 4) is 0 Å². The van der Waals surface area contributed by atoms with Gasteiger partial charge in [0.15, 0.2) is 0 Å². The maximum atomic E-state index is 11.8. The lowest BCUT2D eigenvalue weighted by Gasteiger charge is -2.20. The summed E-state index contributed by atoms with van der Waals surface area (Å²) >= 11 is 0. The van der Waals surface area contributed by atoms with Crippen LogP contribution in [-0.2, 0) is 14.8 Å². The Bertz CT molecular complexity index is 585. The van der Waals surface area contributed by atoms with E-state index in [1.165, 1.54) is 26.0 Å². The maximum Gasteiger partial charge on any atom is 0.242 e. The number of nitrogen functional groups attached to an aromatic ring is 1. The van der Waals surface area contributed by atoms with Gasteiger partial charge in [-0.15, -0.1) is 0 Å². The molecule has 6 nitrogen and oxygen atoms in total. The molecule has 1 aliphatic carbocycles. The molecule has 7 heteroatoms. The fourth-order valence-corrected chi connectivity index (χ4v) is 2.83. The number of hydrogen-bond acceptors (Lipinski definition) is 5. The third kappa shape index (κ3) is 4.33. The Hall–Kier alpha value is -1.31. The number of rotatable bonds is 8. The molecule has 0 heterocycles. The van der Waals surface area contributed by atoms with Gasteiger partial charge in [-0.3, -0.25) is 0 Å². The molecule has 3 N–H and O–H groups in total. The van der Waals surface area contributed by atoms with Crippen molar-refractivity contribution in [2.75, 3.05) is 44.5 Å². The lowest BCUT2D eigenvalue weighted by molar-refractivity contribution is 0.131. The highest BCUT2D eigenvalue weighted by atomic mass is 32.2. The van der Waals surface area contributed by atoms with E-state index in [1.54, 1.807) is 12.1 Å². The first-order valence-corrected chi connectivity index (χ1v) is 8.54. The van der Waals surface area contributed by atoms with Crippen LogP contribution in [0, 0.1) is 5.92 Å². The monoisotopic (exact) mass is 313 g/mol. The number of sulfonamides is 1. The summed E-state index contributed by atoms with van der Waals surface area (Å²) in [6, 6.07) is 4.95. The van der Waals surface area contributed by atoms with Crippen molar-refractivity contribution in [1.29, 1.82) is 0 Å². The van der Waals surface area contributed by atoms with E-state index in [0.29, 0.717) is 6.61 Å². The molecule has 0 radical (unpaired) electrons. The van der Waals surface area contributed by atoms with Crippen molar-refractivity contribution in [2.24, 2.45) is 5.92 Å². The Balaban J connectivity index is 1.94. The van der Waals surface area contributed by atoms with Gasteiger partial charge < -0.3 is 15.4 Å². The predicted molar refractivity (Wildman–Crippen MR) is 83.9 cm³/mol. The molecule has 2 rings (SSSR count). The highest BCUT2D eigenvalue weighted by molar-refractivity contribution is 7.89. The van der Waals surface area contributed by atoms with Crippen LogP contribution >= 0.6 is 0 Å². The number of benzene rings is 1. The second-order valence-electron chi connectivity index (χ2n) is 5.37. The molecule has 0 bridgehead atoms. The third-order valence-corrected chi connectivity index (χ3v) is 5.10. The zero-order chi connectivity index (χ0) is 15.5. The van der Waals surface area contributed by atoms with Crippen LogP contribution in [0.15, 0.2) is 23.1 Å². The van der Waals surface area contributed by atoms with Crippen LogP contribution < -0.4 is 15.4 Å². The van der Waals surface area contributed by atoms with E-state index in [-0.39, 0.29) is 10.6 Å². The molecule has 21 heavy (non-hydrogen) atoms. The van der Waals surface area contributed by atoms with Gasteiger partial charge >= 0.3 is 0 Å². The molecular formula is C14H23N3O3S. The van der Waals surface area contributed by atoms with Gasteiger partial charge in [-0.2, -0.15) is 0 Å². The third-order valence-electron chi connectivity index (χ3n) is 3.61. The zero-order valence-electron chi connectivity index (χ0n) is 12.5. The van der Waals surface area contributed by atoms with Crippen molar-refractivity contribution in [3.63, 3.8) is 0 Å². The molecule has 1 aromatic carbocycles. The Labute approximate surface area is 126 Å². The number of nitrogens with one attached hydrogen (secondary N) is 1. The molecule has 0 spiro atoms. The number of nitrogens with two attached hydrogens (primary N) is 1. The van der Waals surface area contributed by atoms with Crippen LogP contribution in [0.1, 0.15) is 12.8 Å². The molecule has 0 aliphatic heterocycles. The molecule has 1 saturated carbocycles. The quantitative estimate of drug-likeness (QED) is 0.553. The molecule has 0 atom stereocenters. The topological polar surface area (TPSA) is 84.7 Å². The second-order valence-corrected chi connectivity index (χ2v) is 7.22. The SMILES string of the molecule is CNS(=O)(=O)c1ccc(N(C)CCOCC2CC2)cc1N. The molecule has 0 aromatic heterocycles. The molecule has 0 unspecified atom stereocenters. The summed E-state index contributed by atoms with van der Waals surface area (Å²) in [5.74, 6) is 0.761. The minimum atomic E-state index is -3.51. The standard InChI is InChI=1S/C14H23N3O3S/c1-16-21(18,19)14-6-5-12(9-13(14)15)17(2)7-8-20-10-11-3-4-11/h5-6,9,11,16H,3-4,7-8,10,15H2,1-2H3. The molecule has 1 aliphatic rings. The molecule has 118 valence electrons. The van der Waals surface area contributed by atoms with Crippen LogP contribution in [0.5, 0.6) is 0 Å². The van der Waals surface area contributed by atoms with Crippen LogP contribution in [-0.4, -0.2) is 42.3 Å². The Morgan fingerprint density at radius 1 is 1.43 bits per heavy atom. The highest BCUT2D eigenvalue weighted by Gasteiger charge is 2.21. The number of ether oxygens (including phenoxy) is 1. The van der Waals surface area contributed by atoms with E-state index < -0.39 is 10.0 Å². The van der Waals surface area contributed by atoms with Gasteiger partial charge in [-0.05, 0) is 44.0 Å². The number of hydrogen-bond donors (Lipinski definition) is 2. The second kappa shape index (κ2) is 6.64. The molecule has 0 amide bonds. The Morgan fingerprint density at radius 2 is 2.14 bits per heavy atom. The molecular weight excluding hydrogens is 290 g/mol. The van der Waals surface area contributed by atoms with Gasteiger partial charge in [-0.25, -0.2) is 13.1 Å². The summed E-state index contributed by atoms with van der Waals surface area (Å²) in [5.41, 5.74) is 6.96. The minimum absolute atomic E-state index is 0.104. The summed E-state index contributed by atoms with van der Waals surface area (Å²) in [7, 11) is -0.214. The highest BCUT2D eigenvalue weighted by Crippen LogP contribution is 2.28. The molecule has 1 aromatic rings. The number of nitrogens with zero attached hydrogens (tertiary/aromatic N) is 1. The van der Waals surface area contributed by atoms with E-state index in [2.05, 4.69) is 4.72 Å². The van der Waals surface area contributed by atoms with Gasteiger partial charge in [0.2, 0.25) is 10.0 Å². The van der Waals surface area contributed by atoms with E-state index in [4.69, 9.17) is 10.5 Å². The minimum Gasteiger partial charge on any atom is -0.398 e. The van der Waals surface area contributed by atoms with Gasteiger partial charge in [0.25, 0.3) is 0 Å². The van der Waals surface area contributed by atoms with Crippen molar-refractivity contribution >= 4 is 21.4 Å². The van der Waals surface area contributed by atoms with E-state index in [0.717, 1.165) is 24.8 Å². The van der Waals surface area contributed by atoms with Crippen LogP contribution in [0.25, 0.3) is 0 Å². The normalized spacial score (nSPS) is 15.1. The average molecular weight is 313 g/mol. The predicted octanol–water partition coefficient (Wildman–Crippen LogP) is 1.04. The van der Waals surface area contributed by atoms with Crippen molar-refractivity contribution in [1.82, 2.24) is 4.72 Å². The number of likely N-dealkylation sites (N-methyl/N-ethyl adjacent to an activating group) is 1.